The summed E-state index contributed by atoms with van der Waals surface area (Å²) in [5.41, 5.74) is 2.74. The van der Waals surface area contributed by atoms with Crippen LogP contribution in [0.25, 0.3) is 16.2 Å². The largest absolute Gasteiger partial charge is 0.355 e. The number of carbonyl (C=O) groups excluding carboxylic acids is 1. The smallest absolute Gasteiger partial charge is 0.230 e. The third kappa shape index (κ3) is 4.35. The number of nitrogens with zero attached hydrogens (tertiary/aromatic N) is 4. The lowest BCUT2D eigenvalue weighted by Crippen LogP contribution is -2.27. The zero-order valence-corrected chi connectivity index (χ0v) is 16.0. The van der Waals surface area contributed by atoms with E-state index in [1.807, 2.05) is 47.8 Å². The first-order chi connectivity index (χ1) is 13.3. The van der Waals surface area contributed by atoms with Gasteiger partial charge in [0, 0.05) is 6.54 Å². The van der Waals surface area contributed by atoms with E-state index in [9.17, 15) is 4.79 Å². The first kappa shape index (κ1) is 17.7. The molecule has 0 fully saturated rings. The Balaban J connectivity index is 1.35. The third-order valence-electron chi connectivity index (χ3n) is 3.92. The van der Waals surface area contributed by atoms with Gasteiger partial charge in [-0.05, 0) is 35.6 Å². The van der Waals surface area contributed by atoms with Gasteiger partial charge >= 0.3 is 0 Å². The van der Waals surface area contributed by atoms with E-state index in [-0.39, 0.29) is 11.7 Å². The maximum Gasteiger partial charge on any atom is 0.230 e. The molecule has 0 saturated heterocycles. The van der Waals surface area contributed by atoms with E-state index in [0.717, 1.165) is 17.0 Å². The molecular weight excluding hydrogens is 378 g/mol. The van der Waals surface area contributed by atoms with E-state index in [1.165, 1.54) is 17.3 Å². The van der Waals surface area contributed by atoms with E-state index < -0.39 is 0 Å². The van der Waals surface area contributed by atoms with Crippen molar-refractivity contribution in [2.24, 2.45) is 0 Å². The zero-order chi connectivity index (χ0) is 18.5. The fourth-order valence-corrected chi connectivity index (χ4v) is 3.99. The van der Waals surface area contributed by atoms with Gasteiger partial charge in [0.15, 0.2) is 5.65 Å². The van der Waals surface area contributed by atoms with Crippen LogP contribution in [0.1, 0.15) is 5.56 Å². The van der Waals surface area contributed by atoms with Crippen LogP contribution in [0.15, 0.2) is 65.1 Å². The predicted octanol–water partition coefficient (Wildman–Crippen LogP) is 3.30. The molecule has 1 N–H and O–H groups in total. The highest BCUT2D eigenvalue weighted by Crippen LogP contribution is 2.24. The summed E-state index contributed by atoms with van der Waals surface area (Å²) in [6.07, 6.45) is 0.816. The van der Waals surface area contributed by atoms with Crippen molar-refractivity contribution in [2.45, 2.75) is 11.6 Å². The molecule has 0 aliphatic rings. The van der Waals surface area contributed by atoms with Crippen molar-refractivity contribution in [1.82, 2.24) is 25.1 Å². The van der Waals surface area contributed by atoms with Crippen molar-refractivity contribution < 1.29 is 4.79 Å². The van der Waals surface area contributed by atoms with Gasteiger partial charge in [0.1, 0.15) is 5.69 Å². The molecule has 0 spiro atoms. The first-order valence-electron chi connectivity index (χ1n) is 8.49. The lowest BCUT2D eigenvalue weighted by Gasteiger charge is -2.05. The Bertz CT molecular complexity index is 1030. The van der Waals surface area contributed by atoms with Gasteiger partial charge < -0.3 is 5.32 Å². The molecule has 6 nitrogen and oxygen atoms in total. The minimum atomic E-state index is -0.0258. The van der Waals surface area contributed by atoms with Crippen molar-refractivity contribution in [3.8, 4) is 10.6 Å². The number of carbonyl (C=O) groups is 1. The monoisotopic (exact) mass is 395 g/mol. The normalized spacial score (nSPS) is 11.0. The molecule has 0 unspecified atom stereocenters. The minimum Gasteiger partial charge on any atom is -0.355 e. The Morgan fingerprint density at radius 3 is 2.78 bits per heavy atom. The number of hydrogen-bond acceptors (Lipinski definition) is 6. The van der Waals surface area contributed by atoms with Crippen LogP contribution in [0.4, 0.5) is 0 Å². The van der Waals surface area contributed by atoms with Crippen molar-refractivity contribution in [2.75, 3.05) is 12.3 Å². The van der Waals surface area contributed by atoms with Crippen LogP contribution in [-0.4, -0.2) is 38.0 Å². The van der Waals surface area contributed by atoms with Crippen LogP contribution < -0.4 is 5.32 Å². The van der Waals surface area contributed by atoms with Gasteiger partial charge in [0.2, 0.25) is 11.1 Å². The molecule has 1 amide bonds. The number of rotatable bonds is 7. The Labute approximate surface area is 164 Å². The quantitative estimate of drug-likeness (QED) is 0.486. The van der Waals surface area contributed by atoms with Gasteiger partial charge in [-0.2, -0.15) is 9.61 Å². The number of hydrogen-bond donors (Lipinski definition) is 1. The van der Waals surface area contributed by atoms with Crippen molar-refractivity contribution >= 4 is 34.7 Å². The van der Waals surface area contributed by atoms with Crippen LogP contribution in [-0.2, 0) is 11.2 Å². The summed E-state index contributed by atoms with van der Waals surface area (Å²) < 4.78 is 1.69. The van der Waals surface area contributed by atoms with E-state index in [1.54, 1.807) is 15.9 Å². The molecule has 1 aromatic carbocycles. The molecule has 0 bridgehead atoms. The molecule has 4 rings (SSSR count). The van der Waals surface area contributed by atoms with Crippen LogP contribution in [0.5, 0.6) is 0 Å². The van der Waals surface area contributed by atoms with E-state index in [2.05, 4.69) is 32.7 Å². The molecule has 27 heavy (non-hydrogen) atoms. The third-order valence-corrected chi connectivity index (χ3v) is 5.73. The number of fused-ring (bicyclic) bond motifs is 1. The van der Waals surface area contributed by atoms with Gasteiger partial charge in [-0.3, -0.25) is 4.79 Å². The second kappa shape index (κ2) is 8.32. The predicted molar refractivity (Wildman–Crippen MR) is 108 cm³/mol. The van der Waals surface area contributed by atoms with Crippen LogP contribution >= 0.6 is 23.1 Å². The lowest BCUT2D eigenvalue weighted by atomic mass is 10.1. The number of thiophene rings is 1. The topological polar surface area (TPSA) is 72.2 Å². The van der Waals surface area contributed by atoms with Crippen LogP contribution in [0.2, 0.25) is 0 Å². The highest BCUT2D eigenvalue weighted by Gasteiger charge is 2.11. The van der Waals surface area contributed by atoms with Crippen LogP contribution in [0, 0.1) is 0 Å². The van der Waals surface area contributed by atoms with Crippen LogP contribution in [0.3, 0.4) is 0 Å². The SMILES string of the molecule is O=C(CSc1nnc2ccc(-c3cccs3)nn12)NCCc1ccccc1. The van der Waals surface area contributed by atoms with Gasteiger partial charge in [0.25, 0.3) is 0 Å². The standard InChI is InChI=1S/C19H17N5OS2/c25-18(20-11-10-14-5-2-1-3-6-14)13-27-19-22-21-17-9-8-15(23-24(17)19)16-7-4-12-26-16/h1-9,12H,10-11,13H2,(H,20,25). The summed E-state index contributed by atoms with van der Waals surface area (Å²) in [4.78, 5) is 13.2. The fraction of sp³-hybridized carbons (Fsp3) is 0.158. The minimum absolute atomic E-state index is 0.0258. The van der Waals surface area contributed by atoms with E-state index in [0.29, 0.717) is 17.3 Å². The highest BCUT2D eigenvalue weighted by atomic mass is 32.2. The number of benzene rings is 1. The molecule has 3 heterocycles. The second-order valence-electron chi connectivity index (χ2n) is 5.82. The molecule has 0 aliphatic carbocycles. The maximum atomic E-state index is 12.1. The maximum absolute atomic E-state index is 12.1. The summed E-state index contributed by atoms with van der Waals surface area (Å²) in [5, 5.41) is 18.5. The summed E-state index contributed by atoms with van der Waals surface area (Å²) in [5.74, 6) is 0.252. The van der Waals surface area contributed by atoms with Gasteiger partial charge in [-0.1, -0.05) is 48.2 Å². The number of nitrogens with one attached hydrogen (secondary N) is 1. The Kier molecular flexibility index (Phi) is 5.45. The summed E-state index contributed by atoms with van der Waals surface area (Å²) in [7, 11) is 0. The summed E-state index contributed by atoms with van der Waals surface area (Å²) in [6.45, 7) is 0.616. The van der Waals surface area contributed by atoms with Gasteiger partial charge in [0.05, 0.1) is 10.6 Å². The van der Waals surface area contributed by atoms with Gasteiger partial charge in [-0.15, -0.1) is 21.5 Å². The average molecular weight is 396 g/mol. The average Bonchev–Trinajstić information content (AvgIpc) is 3.37. The summed E-state index contributed by atoms with van der Waals surface area (Å²) in [6, 6.07) is 17.9. The molecule has 0 saturated carbocycles. The number of amides is 1. The Morgan fingerprint density at radius 1 is 1.07 bits per heavy atom. The molecule has 0 radical (unpaired) electrons. The zero-order valence-electron chi connectivity index (χ0n) is 14.4. The van der Waals surface area contributed by atoms with Crippen molar-refractivity contribution in [1.29, 1.82) is 0 Å². The second-order valence-corrected chi connectivity index (χ2v) is 7.71. The molecule has 8 heteroatoms. The first-order valence-corrected chi connectivity index (χ1v) is 10.4. The molecule has 136 valence electrons. The van der Waals surface area contributed by atoms with E-state index >= 15 is 0 Å². The molecule has 0 aliphatic heterocycles. The van der Waals surface area contributed by atoms with Crippen molar-refractivity contribution in [3.05, 3.63) is 65.5 Å². The van der Waals surface area contributed by atoms with Crippen molar-refractivity contribution in [3.63, 3.8) is 0 Å². The number of aromatic nitrogens is 4. The summed E-state index contributed by atoms with van der Waals surface area (Å²) >= 11 is 2.97. The Morgan fingerprint density at radius 2 is 1.96 bits per heavy atom. The molecule has 0 atom stereocenters. The van der Waals surface area contributed by atoms with E-state index in [4.69, 9.17) is 0 Å². The molecule has 3 aromatic heterocycles. The Hall–Kier alpha value is -2.71. The number of thioether (sulfide) groups is 1. The molecule has 4 aromatic rings. The highest BCUT2D eigenvalue weighted by molar-refractivity contribution is 7.99. The lowest BCUT2D eigenvalue weighted by molar-refractivity contribution is -0.118. The van der Waals surface area contributed by atoms with Gasteiger partial charge in [-0.25, -0.2) is 0 Å². The fourth-order valence-electron chi connectivity index (χ4n) is 2.59. The molecular formula is C19H17N5OS2.